The lowest BCUT2D eigenvalue weighted by Gasteiger charge is -2.21. The zero-order chi connectivity index (χ0) is 36.5. The van der Waals surface area contributed by atoms with E-state index in [-0.39, 0.29) is 5.41 Å². The van der Waals surface area contributed by atoms with Crippen molar-refractivity contribution in [2.24, 2.45) is 7.05 Å². The highest BCUT2D eigenvalue weighted by Crippen LogP contribution is 2.43. The second-order valence-electron chi connectivity index (χ2n) is 16.0. The van der Waals surface area contributed by atoms with E-state index in [4.69, 9.17) is 4.42 Å². The van der Waals surface area contributed by atoms with E-state index in [0.29, 0.717) is 11.8 Å². The maximum absolute atomic E-state index is 7.01. The zero-order valence-electron chi connectivity index (χ0n) is 31.9. The number of nitrogens with zero attached hydrogens (tertiary/aromatic N) is 3. The Labute approximate surface area is 307 Å². The van der Waals surface area contributed by atoms with Crippen LogP contribution in [0.15, 0.2) is 120 Å². The third kappa shape index (κ3) is 5.53. The highest BCUT2D eigenvalue weighted by molar-refractivity contribution is 6.10. The molecule has 4 nitrogen and oxygen atoms in total. The molecule has 5 aromatic carbocycles. The lowest BCUT2D eigenvalue weighted by Crippen LogP contribution is -2.30. The number of hydrogen-bond donors (Lipinski definition) is 0. The molecule has 3 aromatic heterocycles. The van der Waals surface area contributed by atoms with E-state index in [1.807, 2.05) is 6.20 Å². The highest BCUT2D eigenvalue weighted by Gasteiger charge is 2.34. The fraction of sp³-hybridized carbons (Fsp3) is 0.250. The number of hydrogen-bond acceptors (Lipinski definition) is 2. The van der Waals surface area contributed by atoms with Gasteiger partial charge in [-0.2, -0.15) is 4.57 Å². The van der Waals surface area contributed by atoms with Crippen molar-refractivity contribution in [1.82, 2.24) is 9.55 Å². The lowest BCUT2D eigenvalue weighted by atomic mass is 9.88. The van der Waals surface area contributed by atoms with Gasteiger partial charge in [0.15, 0.2) is 16.6 Å². The summed E-state index contributed by atoms with van der Waals surface area (Å²) in [4.78, 5) is 4.67. The summed E-state index contributed by atoms with van der Waals surface area (Å²) in [6.45, 7) is 18.1. The SMILES string of the molecule is Cc1ccc2c(oc3cc(-c4ccnc(C(C)(C)C)c4)ccc32)c1-c1n(-c2c(C(C)C)cc(-c3ccccc3)cc2C(C)C)c2ccccc2[n+]1C. The predicted molar refractivity (Wildman–Crippen MR) is 217 cm³/mol. The summed E-state index contributed by atoms with van der Waals surface area (Å²) < 4.78 is 11.9. The molecule has 4 heteroatoms. The van der Waals surface area contributed by atoms with Crippen LogP contribution in [-0.2, 0) is 12.5 Å². The maximum atomic E-state index is 7.01. The van der Waals surface area contributed by atoms with Crippen molar-refractivity contribution >= 4 is 33.0 Å². The molecule has 8 aromatic rings. The number of pyridine rings is 1. The standard InChI is InChI=1S/C48H48N3O/c1-29(2)38-25-35(32-15-11-10-12-16-32)26-39(30(3)4)45(38)51-41-18-14-13-17-40(41)50(9)47(51)44-31(5)19-21-37-36-22-20-33(27-42(36)52-46(37)44)34-23-24-49-43(28-34)48(6,7)8/h10-30H,1-9H3/q+1. The Balaban J connectivity index is 1.42. The van der Waals surface area contributed by atoms with Crippen molar-refractivity contribution in [2.45, 2.75) is 72.6 Å². The van der Waals surface area contributed by atoms with Crippen LogP contribution >= 0.6 is 0 Å². The number of aromatic nitrogens is 3. The second-order valence-corrected chi connectivity index (χ2v) is 16.0. The number of furan rings is 1. The first-order valence-electron chi connectivity index (χ1n) is 18.6. The van der Waals surface area contributed by atoms with Gasteiger partial charge in [-0.1, -0.05) is 109 Å². The van der Waals surface area contributed by atoms with Crippen LogP contribution in [0.4, 0.5) is 0 Å². The summed E-state index contributed by atoms with van der Waals surface area (Å²) >= 11 is 0. The van der Waals surface area contributed by atoms with Gasteiger partial charge in [0.05, 0.1) is 7.05 Å². The van der Waals surface area contributed by atoms with Gasteiger partial charge in [-0.15, -0.1) is 0 Å². The molecule has 0 bridgehead atoms. The van der Waals surface area contributed by atoms with Crippen LogP contribution in [0.3, 0.4) is 0 Å². The molecule has 0 N–H and O–H groups in total. The molecule has 0 aliphatic rings. The Kier molecular flexibility index (Phi) is 8.17. The quantitative estimate of drug-likeness (QED) is 0.164. The van der Waals surface area contributed by atoms with Crippen molar-refractivity contribution < 1.29 is 8.98 Å². The van der Waals surface area contributed by atoms with Gasteiger partial charge < -0.3 is 4.42 Å². The third-order valence-electron chi connectivity index (χ3n) is 10.7. The van der Waals surface area contributed by atoms with Crippen molar-refractivity contribution in [3.05, 3.63) is 138 Å². The molecule has 0 fully saturated rings. The minimum absolute atomic E-state index is 0.0351. The summed E-state index contributed by atoms with van der Waals surface area (Å²) in [6.07, 6.45) is 1.92. The van der Waals surface area contributed by atoms with Crippen LogP contribution in [0.25, 0.3) is 72.3 Å². The summed E-state index contributed by atoms with van der Waals surface area (Å²) in [7, 11) is 2.20. The minimum Gasteiger partial charge on any atom is -0.455 e. The van der Waals surface area contributed by atoms with Gasteiger partial charge in [-0.05, 0) is 95.1 Å². The average Bonchev–Trinajstić information content (AvgIpc) is 3.65. The van der Waals surface area contributed by atoms with Gasteiger partial charge in [0.25, 0.3) is 5.82 Å². The normalized spacial score (nSPS) is 12.3. The number of rotatable bonds is 6. The average molecular weight is 683 g/mol. The number of para-hydroxylation sites is 2. The molecular formula is C48H48N3O+. The molecule has 0 aliphatic carbocycles. The Bertz CT molecular complexity index is 2600. The molecule has 0 amide bonds. The molecule has 260 valence electrons. The van der Waals surface area contributed by atoms with E-state index in [9.17, 15) is 0 Å². The second kappa shape index (κ2) is 12.6. The van der Waals surface area contributed by atoms with Gasteiger partial charge in [0.2, 0.25) is 0 Å². The van der Waals surface area contributed by atoms with Gasteiger partial charge in [0, 0.05) is 39.2 Å². The zero-order valence-corrected chi connectivity index (χ0v) is 31.9. The third-order valence-corrected chi connectivity index (χ3v) is 10.7. The van der Waals surface area contributed by atoms with Crippen LogP contribution in [-0.4, -0.2) is 9.55 Å². The highest BCUT2D eigenvalue weighted by atomic mass is 16.3. The fourth-order valence-electron chi connectivity index (χ4n) is 7.85. The fourth-order valence-corrected chi connectivity index (χ4v) is 7.85. The van der Waals surface area contributed by atoms with Crippen molar-refractivity contribution in [1.29, 1.82) is 0 Å². The maximum Gasteiger partial charge on any atom is 0.299 e. The van der Waals surface area contributed by atoms with Crippen LogP contribution < -0.4 is 4.57 Å². The smallest absolute Gasteiger partial charge is 0.299 e. The molecule has 0 radical (unpaired) electrons. The van der Waals surface area contributed by atoms with E-state index < -0.39 is 0 Å². The molecule has 0 saturated heterocycles. The Hall–Kier alpha value is -5.48. The van der Waals surface area contributed by atoms with Crippen LogP contribution in [0, 0.1) is 6.92 Å². The lowest BCUT2D eigenvalue weighted by molar-refractivity contribution is -0.633. The van der Waals surface area contributed by atoms with Crippen LogP contribution in [0.1, 0.15) is 82.7 Å². The van der Waals surface area contributed by atoms with Gasteiger partial charge in [0.1, 0.15) is 16.8 Å². The molecule has 3 heterocycles. The van der Waals surface area contributed by atoms with Crippen LogP contribution in [0.2, 0.25) is 0 Å². The van der Waals surface area contributed by atoms with Gasteiger partial charge >= 0.3 is 0 Å². The summed E-state index contributed by atoms with van der Waals surface area (Å²) in [5.41, 5.74) is 16.2. The summed E-state index contributed by atoms with van der Waals surface area (Å²) in [5, 5.41) is 2.24. The monoisotopic (exact) mass is 682 g/mol. The van der Waals surface area contributed by atoms with Crippen molar-refractivity contribution in [3.8, 4) is 39.3 Å². The molecule has 8 rings (SSSR count). The van der Waals surface area contributed by atoms with E-state index in [1.54, 1.807) is 0 Å². The largest absolute Gasteiger partial charge is 0.455 e. The molecule has 0 saturated carbocycles. The number of fused-ring (bicyclic) bond motifs is 4. The first kappa shape index (κ1) is 33.7. The first-order chi connectivity index (χ1) is 24.9. The molecular weight excluding hydrogens is 635 g/mol. The summed E-state index contributed by atoms with van der Waals surface area (Å²) in [5.74, 6) is 1.71. The summed E-state index contributed by atoms with van der Waals surface area (Å²) in [6, 6.07) is 39.8. The Morgan fingerprint density at radius 2 is 1.33 bits per heavy atom. The predicted octanol–water partition coefficient (Wildman–Crippen LogP) is 12.6. The molecule has 0 atom stereocenters. The molecule has 0 spiro atoms. The topological polar surface area (TPSA) is 34.8 Å². The molecule has 52 heavy (non-hydrogen) atoms. The van der Waals surface area contributed by atoms with E-state index >= 15 is 0 Å². The van der Waals surface area contributed by atoms with Gasteiger partial charge in [-0.3, -0.25) is 4.98 Å². The number of benzene rings is 5. The van der Waals surface area contributed by atoms with E-state index in [0.717, 1.165) is 50.1 Å². The van der Waals surface area contributed by atoms with Crippen molar-refractivity contribution in [3.63, 3.8) is 0 Å². The van der Waals surface area contributed by atoms with Crippen molar-refractivity contribution in [2.75, 3.05) is 0 Å². The number of aryl methyl sites for hydroxylation is 2. The van der Waals surface area contributed by atoms with Gasteiger partial charge in [-0.25, -0.2) is 4.57 Å². The van der Waals surface area contributed by atoms with E-state index in [1.165, 1.54) is 44.5 Å². The Morgan fingerprint density at radius 3 is 2.02 bits per heavy atom. The molecule has 0 unspecified atom stereocenters. The Morgan fingerprint density at radius 1 is 0.673 bits per heavy atom. The minimum atomic E-state index is -0.0351. The first-order valence-corrected chi connectivity index (χ1v) is 18.6. The van der Waals surface area contributed by atoms with Crippen LogP contribution in [0.5, 0.6) is 0 Å². The van der Waals surface area contributed by atoms with E-state index in [2.05, 4.69) is 186 Å². The number of imidazole rings is 1. The molecule has 0 aliphatic heterocycles.